The lowest BCUT2D eigenvalue weighted by Crippen LogP contribution is -2.44. The summed E-state index contributed by atoms with van der Waals surface area (Å²) in [6, 6.07) is 9.18. The van der Waals surface area contributed by atoms with Gasteiger partial charge in [-0.3, -0.25) is 0 Å². The predicted molar refractivity (Wildman–Crippen MR) is 91.9 cm³/mol. The summed E-state index contributed by atoms with van der Waals surface area (Å²) in [6.07, 6.45) is 2.88. The first-order valence-electron chi connectivity index (χ1n) is 8.32. The minimum Gasteiger partial charge on any atom is -0.444 e. The molecule has 2 aliphatic rings. The maximum Gasteiger partial charge on any atom is 0.407 e. The topological polar surface area (TPSA) is 50.4 Å². The van der Waals surface area contributed by atoms with Crippen LogP contribution in [0.15, 0.2) is 24.3 Å². The third-order valence-electron chi connectivity index (χ3n) is 4.43. The molecular weight excluding hydrogens is 312 g/mol. The number of carbonyl (C=O) groups excluding carboxylic acids is 1. The molecule has 1 aromatic rings. The van der Waals surface area contributed by atoms with Crippen molar-refractivity contribution in [1.29, 1.82) is 0 Å². The van der Waals surface area contributed by atoms with Crippen molar-refractivity contribution >= 4 is 17.7 Å². The van der Waals surface area contributed by atoms with Gasteiger partial charge in [0.15, 0.2) is 0 Å². The van der Waals surface area contributed by atoms with Crippen LogP contribution in [0.1, 0.15) is 51.5 Å². The summed E-state index contributed by atoms with van der Waals surface area (Å²) in [7, 11) is 0. The number of alkyl carbamates (subject to hydrolysis) is 1. The van der Waals surface area contributed by atoms with Gasteiger partial charge >= 0.3 is 6.09 Å². The molecule has 2 saturated carbocycles. The van der Waals surface area contributed by atoms with E-state index in [9.17, 15) is 4.79 Å². The average molecular weight is 337 g/mol. The highest BCUT2D eigenvalue weighted by Crippen LogP contribution is 2.41. The maximum atomic E-state index is 11.7. The van der Waals surface area contributed by atoms with Crippen molar-refractivity contribution in [3.05, 3.63) is 34.9 Å². The van der Waals surface area contributed by atoms with E-state index in [1.807, 2.05) is 39.0 Å². The monoisotopic (exact) mass is 336 g/mol. The molecule has 23 heavy (non-hydrogen) atoms. The summed E-state index contributed by atoms with van der Waals surface area (Å²) in [5.74, 6) is 0.553. The number of carbonyl (C=O) groups is 1. The van der Waals surface area contributed by atoms with Gasteiger partial charge in [0.25, 0.3) is 0 Å². The quantitative estimate of drug-likeness (QED) is 0.878. The molecule has 0 bridgehead atoms. The smallest absolute Gasteiger partial charge is 0.407 e. The lowest BCUT2D eigenvalue weighted by atomic mass is 9.76. The van der Waals surface area contributed by atoms with Gasteiger partial charge in [-0.1, -0.05) is 29.8 Å². The normalized spacial score (nSPS) is 29.6. The molecule has 2 N–H and O–H groups in total. The van der Waals surface area contributed by atoms with E-state index in [2.05, 4.69) is 16.7 Å². The molecule has 0 aromatic heterocycles. The molecule has 0 saturated heterocycles. The highest BCUT2D eigenvalue weighted by molar-refractivity contribution is 6.31. The first-order valence-corrected chi connectivity index (χ1v) is 8.69. The van der Waals surface area contributed by atoms with Gasteiger partial charge in [-0.2, -0.15) is 0 Å². The van der Waals surface area contributed by atoms with E-state index in [1.54, 1.807) is 0 Å². The fourth-order valence-corrected chi connectivity index (χ4v) is 3.40. The molecule has 0 radical (unpaired) electrons. The third-order valence-corrected chi connectivity index (χ3v) is 4.77. The Labute approximate surface area is 142 Å². The van der Waals surface area contributed by atoms with E-state index in [0.717, 1.165) is 24.3 Å². The highest BCUT2D eigenvalue weighted by Gasteiger charge is 2.43. The van der Waals surface area contributed by atoms with Crippen LogP contribution in [0.4, 0.5) is 4.79 Å². The Bertz CT molecular complexity index is 579. The van der Waals surface area contributed by atoms with Crippen LogP contribution >= 0.6 is 11.6 Å². The fourth-order valence-electron chi connectivity index (χ4n) is 3.11. The molecule has 4 nitrogen and oxygen atoms in total. The zero-order valence-corrected chi connectivity index (χ0v) is 14.7. The van der Waals surface area contributed by atoms with E-state index in [1.165, 1.54) is 5.56 Å². The zero-order chi connectivity index (χ0) is 16.6. The van der Waals surface area contributed by atoms with Crippen LogP contribution in [-0.4, -0.2) is 29.8 Å². The first kappa shape index (κ1) is 16.6. The SMILES string of the molecule is CC(C)(C)OC(=O)NC1CC1NC1CC(c2ccccc2Cl)C1. The summed E-state index contributed by atoms with van der Waals surface area (Å²) >= 11 is 6.25. The van der Waals surface area contributed by atoms with Crippen molar-refractivity contribution in [3.8, 4) is 0 Å². The van der Waals surface area contributed by atoms with Crippen molar-refractivity contribution in [2.45, 2.75) is 69.7 Å². The summed E-state index contributed by atoms with van der Waals surface area (Å²) in [6.45, 7) is 5.62. The number of ether oxygens (including phenoxy) is 1. The van der Waals surface area contributed by atoms with Crippen LogP contribution < -0.4 is 10.6 Å². The van der Waals surface area contributed by atoms with Crippen molar-refractivity contribution in [2.24, 2.45) is 0 Å². The van der Waals surface area contributed by atoms with Crippen molar-refractivity contribution in [3.63, 3.8) is 0 Å². The molecule has 5 heteroatoms. The van der Waals surface area contributed by atoms with Gasteiger partial charge in [0.1, 0.15) is 5.60 Å². The number of nitrogens with one attached hydrogen (secondary N) is 2. The van der Waals surface area contributed by atoms with Crippen LogP contribution in [-0.2, 0) is 4.74 Å². The molecule has 3 rings (SSSR count). The number of amides is 1. The maximum absolute atomic E-state index is 11.7. The minimum atomic E-state index is -0.446. The fraction of sp³-hybridized carbons (Fsp3) is 0.611. The van der Waals surface area contributed by atoms with Gasteiger partial charge in [0.2, 0.25) is 0 Å². The molecule has 2 atom stereocenters. The number of halogens is 1. The molecule has 0 aliphatic heterocycles. The Morgan fingerprint density at radius 3 is 2.52 bits per heavy atom. The molecule has 1 aromatic carbocycles. The number of hydrogen-bond acceptors (Lipinski definition) is 3. The molecule has 1 amide bonds. The van der Waals surface area contributed by atoms with Crippen LogP contribution in [0.3, 0.4) is 0 Å². The first-order chi connectivity index (χ1) is 10.8. The van der Waals surface area contributed by atoms with Gasteiger partial charge < -0.3 is 15.4 Å². The van der Waals surface area contributed by atoms with E-state index in [-0.39, 0.29) is 12.1 Å². The second kappa shape index (κ2) is 6.33. The summed E-state index contributed by atoms with van der Waals surface area (Å²) < 4.78 is 5.28. The van der Waals surface area contributed by atoms with Crippen LogP contribution in [0.25, 0.3) is 0 Å². The summed E-state index contributed by atoms with van der Waals surface area (Å²) in [4.78, 5) is 11.7. The van der Waals surface area contributed by atoms with E-state index in [0.29, 0.717) is 18.0 Å². The molecular formula is C18H25ClN2O2. The predicted octanol–water partition coefficient (Wildman–Crippen LogP) is 3.84. The van der Waals surface area contributed by atoms with Gasteiger partial charge in [-0.25, -0.2) is 4.79 Å². The van der Waals surface area contributed by atoms with Gasteiger partial charge in [-0.05, 0) is 57.6 Å². The van der Waals surface area contributed by atoms with Gasteiger partial charge in [0.05, 0.1) is 0 Å². The lowest BCUT2D eigenvalue weighted by molar-refractivity contribution is 0.0521. The van der Waals surface area contributed by atoms with Gasteiger partial charge in [0, 0.05) is 23.1 Å². The Morgan fingerprint density at radius 2 is 1.87 bits per heavy atom. The molecule has 126 valence electrons. The zero-order valence-electron chi connectivity index (χ0n) is 13.9. The summed E-state index contributed by atoms with van der Waals surface area (Å²) in [5, 5.41) is 7.40. The molecule has 2 unspecified atom stereocenters. The van der Waals surface area contributed by atoms with Crippen molar-refractivity contribution in [2.75, 3.05) is 0 Å². The highest BCUT2D eigenvalue weighted by atomic mass is 35.5. The lowest BCUT2D eigenvalue weighted by Gasteiger charge is -2.37. The Hall–Kier alpha value is -1.26. The standard InChI is InChI=1S/C18H25ClN2O2/c1-18(2,3)23-17(22)21-16-10-15(16)20-12-8-11(9-12)13-6-4-5-7-14(13)19/h4-7,11-12,15-16,20H,8-10H2,1-3H3,(H,21,22). The second-order valence-corrected chi connectivity index (χ2v) is 8.06. The van der Waals surface area contributed by atoms with E-state index in [4.69, 9.17) is 16.3 Å². The number of benzene rings is 1. The average Bonchev–Trinajstić information content (AvgIpc) is 3.10. The molecule has 2 fully saturated rings. The van der Waals surface area contributed by atoms with Crippen LogP contribution in [0.2, 0.25) is 5.02 Å². The Balaban J connectivity index is 1.37. The van der Waals surface area contributed by atoms with Crippen LogP contribution in [0, 0.1) is 0 Å². The Kier molecular flexibility index (Phi) is 4.56. The number of rotatable bonds is 4. The second-order valence-electron chi connectivity index (χ2n) is 7.65. The largest absolute Gasteiger partial charge is 0.444 e. The van der Waals surface area contributed by atoms with Crippen molar-refractivity contribution in [1.82, 2.24) is 10.6 Å². The van der Waals surface area contributed by atoms with E-state index < -0.39 is 5.60 Å². The summed E-state index contributed by atoms with van der Waals surface area (Å²) in [5.41, 5.74) is 0.810. The minimum absolute atomic E-state index is 0.198. The Morgan fingerprint density at radius 1 is 1.17 bits per heavy atom. The third kappa shape index (κ3) is 4.39. The van der Waals surface area contributed by atoms with Crippen molar-refractivity contribution < 1.29 is 9.53 Å². The van der Waals surface area contributed by atoms with Crippen LogP contribution in [0.5, 0.6) is 0 Å². The van der Waals surface area contributed by atoms with E-state index >= 15 is 0 Å². The van der Waals surface area contributed by atoms with Gasteiger partial charge in [-0.15, -0.1) is 0 Å². The molecule has 2 aliphatic carbocycles. The molecule has 0 heterocycles. The molecule has 0 spiro atoms. The number of hydrogen-bond donors (Lipinski definition) is 2.